The number of imidazole rings is 1. The number of ketones is 1. The molecule has 0 fully saturated rings. The minimum absolute atomic E-state index is 0.0365. The number of aromatic nitrogens is 4. The monoisotopic (exact) mass is 313 g/mol. The molecular formula is C16H17N4O3+. The summed E-state index contributed by atoms with van der Waals surface area (Å²) in [7, 11) is 4.78. The van der Waals surface area contributed by atoms with Crippen molar-refractivity contribution in [2.45, 2.75) is 6.54 Å². The van der Waals surface area contributed by atoms with E-state index in [2.05, 4.69) is 0 Å². The number of Topliss-reactive ketones (excluding diaryl/α,β-unsaturated/α-hetero) is 1. The van der Waals surface area contributed by atoms with Crippen LogP contribution in [0.3, 0.4) is 0 Å². The second kappa shape index (κ2) is 5.35. The first-order chi connectivity index (χ1) is 10.9. The highest BCUT2D eigenvalue weighted by atomic mass is 16.2. The Kier molecular flexibility index (Phi) is 3.48. The van der Waals surface area contributed by atoms with Crippen molar-refractivity contribution in [1.29, 1.82) is 0 Å². The van der Waals surface area contributed by atoms with Gasteiger partial charge in [0.05, 0.1) is 14.1 Å². The summed E-state index contributed by atoms with van der Waals surface area (Å²) in [5.74, 6) is -0.0981. The van der Waals surface area contributed by atoms with E-state index in [0.29, 0.717) is 16.7 Å². The van der Waals surface area contributed by atoms with Crippen molar-refractivity contribution in [2.24, 2.45) is 21.1 Å². The van der Waals surface area contributed by atoms with Gasteiger partial charge in [-0.25, -0.2) is 23.1 Å². The van der Waals surface area contributed by atoms with E-state index in [9.17, 15) is 14.4 Å². The van der Waals surface area contributed by atoms with Gasteiger partial charge in [0.2, 0.25) is 5.52 Å². The third-order valence-corrected chi connectivity index (χ3v) is 3.95. The average molecular weight is 313 g/mol. The molecule has 0 aliphatic carbocycles. The topological polar surface area (TPSA) is 69.9 Å². The van der Waals surface area contributed by atoms with Crippen LogP contribution in [0, 0.1) is 0 Å². The van der Waals surface area contributed by atoms with Gasteiger partial charge in [-0.15, -0.1) is 0 Å². The van der Waals surface area contributed by atoms with Crippen molar-refractivity contribution >= 4 is 16.9 Å². The Hall–Kier alpha value is -2.96. The lowest BCUT2D eigenvalue weighted by Gasteiger charge is -2.02. The van der Waals surface area contributed by atoms with Crippen molar-refractivity contribution in [3.8, 4) is 0 Å². The number of hydrogen-bond donors (Lipinski definition) is 0. The fourth-order valence-corrected chi connectivity index (χ4v) is 2.78. The molecule has 0 amide bonds. The first-order valence-corrected chi connectivity index (χ1v) is 7.14. The van der Waals surface area contributed by atoms with Crippen LogP contribution in [0.2, 0.25) is 0 Å². The highest BCUT2D eigenvalue weighted by molar-refractivity contribution is 5.96. The number of fused-ring (bicyclic) bond motifs is 1. The minimum atomic E-state index is -0.412. The van der Waals surface area contributed by atoms with E-state index >= 15 is 0 Å². The van der Waals surface area contributed by atoms with Crippen LogP contribution in [0.1, 0.15) is 10.4 Å². The molecule has 0 unspecified atom stereocenters. The average Bonchev–Trinajstić information content (AvgIpc) is 2.87. The lowest BCUT2D eigenvalue weighted by atomic mass is 10.1. The molecule has 0 bridgehead atoms. The summed E-state index contributed by atoms with van der Waals surface area (Å²) in [5, 5.41) is 0. The van der Waals surface area contributed by atoms with Crippen molar-refractivity contribution in [1.82, 2.24) is 13.7 Å². The first-order valence-electron chi connectivity index (χ1n) is 7.14. The molecule has 2 aromatic heterocycles. The van der Waals surface area contributed by atoms with Crippen LogP contribution in [-0.4, -0.2) is 19.5 Å². The van der Waals surface area contributed by atoms with E-state index in [0.717, 1.165) is 4.57 Å². The third-order valence-electron chi connectivity index (χ3n) is 3.95. The molecule has 7 heteroatoms. The number of rotatable bonds is 3. The quantitative estimate of drug-likeness (QED) is 0.494. The number of aryl methyl sites for hydroxylation is 2. The fraction of sp³-hybridized carbons (Fsp3) is 0.250. The first kappa shape index (κ1) is 15.0. The highest BCUT2D eigenvalue weighted by Gasteiger charge is 2.24. The van der Waals surface area contributed by atoms with Crippen LogP contribution in [0.25, 0.3) is 11.2 Å². The largest absolute Gasteiger partial charge is 0.388 e. The zero-order valence-electron chi connectivity index (χ0n) is 13.2. The van der Waals surface area contributed by atoms with Gasteiger partial charge in [-0.05, 0) is 0 Å². The summed E-state index contributed by atoms with van der Waals surface area (Å²) in [4.78, 5) is 36.9. The van der Waals surface area contributed by atoms with Gasteiger partial charge in [-0.3, -0.25) is 9.59 Å². The van der Waals surface area contributed by atoms with E-state index in [-0.39, 0.29) is 12.3 Å². The van der Waals surface area contributed by atoms with Gasteiger partial charge >= 0.3 is 11.2 Å². The second-order valence-corrected chi connectivity index (χ2v) is 5.52. The zero-order chi connectivity index (χ0) is 16.7. The number of benzene rings is 1. The van der Waals surface area contributed by atoms with Crippen LogP contribution in [0.15, 0.2) is 46.2 Å². The van der Waals surface area contributed by atoms with Gasteiger partial charge in [0, 0.05) is 12.6 Å². The summed E-state index contributed by atoms with van der Waals surface area (Å²) in [6.45, 7) is 0.0365. The van der Waals surface area contributed by atoms with Crippen LogP contribution < -0.4 is 15.8 Å². The summed E-state index contributed by atoms with van der Waals surface area (Å²) in [6.07, 6.45) is 1.66. The number of carbonyl (C=O) groups is 1. The van der Waals surface area contributed by atoms with Crippen molar-refractivity contribution < 1.29 is 9.36 Å². The zero-order valence-corrected chi connectivity index (χ0v) is 13.2. The Morgan fingerprint density at radius 2 is 1.74 bits per heavy atom. The van der Waals surface area contributed by atoms with Gasteiger partial charge in [0.1, 0.15) is 6.54 Å². The Balaban J connectivity index is 2.19. The molecule has 0 aliphatic rings. The molecule has 2 heterocycles. The summed E-state index contributed by atoms with van der Waals surface area (Å²) in [6, 6.07) is 8.91. The van der Waals surface area contributed by atoms with Gasteiger partial charge in [-0.2, -0.15) is 0 Å². The summed E-state index contributed by atoms with van der Waals surface area (Å²) in [5.41, 5.74) is 0.591. The molecule has 118 valence electrons. The molecule has 0 saturated heterocycles. The van der Waals surface area contributed by atoms with E-state index in [1.165, 1.54) is 11.6 Å². The van der Waals surface area contributed by atoms with Gasteiger partial charge in [0.25, 0.3) is 5.65 Å². The van der Waals surface area contributed by atoms with E-state index in [4.69, 9.17) is 0 Å². The molecule has 0 N–H and O–H groups in total. The van der Waals surface area contributed by atoms with Crippen LogP contribution in [-0.2, 0) is 27.7 Å². The van der Waals surface area contributed by atoms with Crippen molar-refractivity contribution in [3.63, 3.8) is 0 Å². The molecule has 0 aliphatic heterocycles. The summed E-state index contributed by atoms with van der Waals surface area (Å²) < 4.78 is 5.72. The number of nitrogens with zero attached hydrogens (tertiary/aromatic N) is 4. The number of carbonyl (C=O) groups excluding carboxylic acids is 1. The fourth-order valence-electron chi connectivity index (χ4n) is 2.78. The Labute approximate surface area is 131 Å². The van der Waals surface area contributed by atoms with E-state index in [1.807, 2.05) is 6.07 Å². The maximum Gasteiger partial charge on any atom is 0.388 e. The smallest absolute Gasteiger partial charge is 0.291 e. The lowest BCUT2D eigenvalue weighted by molar-refractivity contribution is -0.648. The molecule has 0 spiro atoms. The molecule has 3 rings (SSSR count). The number of hydrogen-bond acceptors (Lipinski definition) is 3. The normalized spacial score (nSPS) is 11.1. The Morgan fingerprint density at radius 1 is 1.09 bits per heavy atom. The van der Waals surface area contributed by atoms with Crippen molar-refractivity contribution in [3.05, 3.63) is 63.1 Å². The standard InChI is InChI=1S/C16H17N4O3/c1-17-10-20(9-12(21)11-7-5-4-6-8-11)13-14(17)18(2)16(23)19(3)15(13)22/h4-8,10H,9H2,1-3H3/q+1. The van der Waals surface area contributed by atoms with Crippen LogP contribution in [0.4, 0.5) is 0 Å². The molecule has 23 heavy (non-hydrogen) atoms. The van der Waals surface area contributed by atoms with E-state index in [1.54, 1.807) is 53.8 Å². The third kappa shape index (κ3) is 2.30. The molecule has 7 nitrogen and oxygen atoms in total. The van der Waals surface area contributed by atoms with Gasteiger partial charge in [-0.1, -0.05) is 30.3 Å². The minimum Gasteiger partial charge on any atom is -0.291 e. The van der Waals surface area contributed by atoms with Crippen LogP contribution in [0.5, 0.6) is 0 Å². The maximum atomic E-state index is 12.5. The molecule has 3 aromatic rings. The predicted octanol–water partition coefficient (Wildman–Crippen LogP) is -0.254. The molecule has 0 atom stereocenters. The molecule has 0 saturated carbocycles. The molecule has 0 radical (unpaired) electrons. The molecular weight excluding hydrogens is 296 g/mol. The Morgan fingerprint density at radius 3 is 2.39 bits per heavy atom. The van der Waals surface area contributed by atoms with Gasteiger partial charge in [0.15, 0.2) is 12.1 Å². The highest BCUT2D eigenvalue weighted by Crippen LogP contribution is 2.07. The maximum absolute atomic E-state index is 12.5. The van der Waals surface area contributed by atoms with Gasteiger partial charge < -0.3 is 0 Å². The van der Waals surface area contributed by atoms with Crippen LogP contribution >= 0.6 is 0 Å². The van der Waals surface area contributed by atoms with E-state index < -0.39 is 11.2 Å². The predicted molar refractivity (Wildman–Crippen MR) is 84.4 cm³/mol. The van der Waals surface area contributed by atoms with Crippen molar-refractivity contribution in [2.75, 3.05) is 0 Å². The molecule has 1 aromatic carbocycles. The SMILES string of the molecule is Cn1c(=O)c2c(n(C)c1=O)[n+](C)cn2CC(=O)c1ccccc1. The second-order valence-electron chi connectivity index (χ2n) is 5.52. The summed E-state index contributed by atoms with van der Waals surface area (Å²) >= 11 is 0. The lowest BCUT2D eigenvalue weighted by Crippen LogP contribution is -2.41. The Bertz CT molecular complexity index is 1030.